The van der Waals surface area contributed by atoms with Crippen molar-refractivity contribution >= 4 is 34.4 Å². The molecular weight excluding hydrogens is 538 g/mol. The molecule has 5 N–H and O–H groups in total. The van der Waals surface area contributed by atoms with E-state index in [0.717, 1.165) is 42.1 Å². The number of morpholine rings is 1. The number of nitrogens with zero attached hydrogens (tertiary/aromatic N) is 1. The zero-order valence-corrected chi connectivity index (χ0v) is 24.6. The van der Waals surface area contributed by atoms with Crippen LogP contribution in [0.2, 0.25) is 0 Å². The van der Waals surface area contributed by atoms with Gasteiger partial charge in [0.05, 0.1) is 32.3 Å². The molecule has 11 heteroatoms. The largest absolute Gasteiger partial charge is 0.379 e. The van der Waals surface area contributed by atoms with Gasteiger partial charge in [-0.15, -0.1) is 0 Å². The van der Waals surface area contributed by atoms with Gasteiger partial charge in [-0.25, -0.2) is 0 Å². The first-order valence-corrected chi connectivity index (χ1v) is 15.1. The Morgan fingerprint density at radius 3 is 2.52 bits per heavy atom. The third kappa shape index (κ3) is 6.53. The zero-order valence-electron chi connectivity index (χ0n) is 24.6. The summed E-state index contributed by atoms with van der Waals surface area (Å²) in [6, 6.07) is 6.70. The molecule has 3 aliphatic rings. The lowest BCUT2D eigenvalue weighted by atomic mass is 9.69. The number of fused-ring (bicyclic) bond motifs is 1. The Morgan fingerprint density at radius 2 is 1.86 bits per heavy atom. The zero-order chi connectivity index (χ0) is 29.9. The Balaban J connectivity index is 1.46. The average molecular weight is 582 g/mol. The summed E-state index contributed by atoms with van der Waals surface area (Å²) in [5.41, 5.74) is 5.10. The first-order chi connectivity index (χ1) is 20.1. The Kier molecular flexibility index (Phi) is 9.00. The Hall–Kier alpha value is -3.28. The smallest absolute Gasteiger partial charge is 0.244 e. The monoisotopic (exact) mass is 581 g/mol. The predicted octanol–water partition coefficient (Wildman–Crippen LogP) is 1.44. The van der Waals surface area contributed by atoms with Crippen molar-refractivity contribution in [3.63, 3.8) is 0 Å². The third-order valence-corrected chi connectivity index (χ3v) is 9.23. The van der Waals surface area contributed by atoms with Crippen LogP contribution in [0.25, 0.3) is 10.9 Å². The van der Waals surface area contributed by atoms with Gasteiger partial charge in [-0.1, -0.05) is 43.9 Å². The van der Waals surface area contributed by atoms with Crippen LogP contribution in [0, 0.1) is 11.8 Å². The van der Waals surface area contributed by atoms with E-state index in [2.05, 4.69) is 15.6 Å². The topological polar surface area (TPSA) is 159 Å². The van der Waals surface area contributed by atoms with Crippen LogP contribution >= 0.6 is 0 Å². The van der Waals surface area contributed by atoms with Crippen molar-refractivity contribution in [1.29, 1.82) is 0 Å². The molecule has 228 valence electrons. The lowest BCUT2D eigenvalue weighted by molar-refractivity contribution is -0.142. The molecule has 5 rings (SSSR count). The van der Waals surface area contributed by atoms with Gasteiger partial charge < -0.3 is 30.8 Å². The van der Waals surface area contributed by atoms with Gasteiger partial charge >= 0.3 is 0 Å². The fraction of sp³-hybridized carbons (Fsp3) is 0.613. The molecule has 1 unspecified atom stereocenters. The Morgan fingerprint density at radius 1 is 1.17 bits per heavy atom. The van der Waals surface area contributed by atoms with Crippen LogP contribution in [0.5, 0.6) is 0 Å². The third-order valence-electron chi connectivity index (χ3n) is 9.23. The van der Waals surface area contributed by atoms with E-state index in [1.54, 1.807) is 20.0 Å². The molecular formula is C31H43N5O6. The van der Waals surface area contributed by atoms with E-state index in [9.17, 15) is 19.2 Å². The molecule has 1 aromatic heterocycles. The molecule has 3 heterocycles. The summed E-state index contributed by atoms with van der Waals surface area (Å²) in [4.78, 5) is 59.6. The Labute approximate surface area is 246 Å². The van der Waals surface area contributed by atoms with Crippen LogP contribution in [-0.2, 0) is 35.1 Å². The van der Waals surface area contributed by atoms with Crippen LogP contribution in [0.4, 0.5) is 0 Å². The summed E-state index contributed by atoms with van der Waals surface area (Å²) < 4.78 is 10.9. The second-order valence-corrected chi connectivity index (χ2v) is 12.4. The highest BCUT2D eigenvalue weighted by Crippen LogP contribution is 2.42. The normalized spacial score (nSPS) is 24.0. The lowest BCUT2D eigenvalue weighted by Crippen LogP contribution is -2.68. The second kappa shape index (κ2) is 12.5. The van der Waals surface area contributed by atoms with Gasteiger partial charge in [-0.2, -0.15) is 0 Å². The van der Waals surface area contributed by atoms with Crippen LogP contribution in [0.15, 0.2) is 30.5 Å². The first-order valence-electron chi connectivity index (χ1n) is 15.1. The number of rotatable bonds is 13. The van der Waals surface area contributed by atoms with Crippen LogP contribution < -0.4 is 16.4 Å². The van der Waals surface area contributed by atoms with E-state index in [-0.39, 0.29) is 37.2 Å². The summed E-state index contributed by atoms with van der Waals surface area (Å²) in [7, 11) is 0. The molecule has 1 saturated carbocycles. The maximum atomic E-state index is 14.1. The number of Topliss-reactive ketones (excluding diaryl/α,β-unsaturated/α-hetero) is 1. The number of ether oxygens (including phenoxy) is 2. The number of nitrogens with two attached hydrogens (primary N) is 1. The fourth-order valence-corrected chi connectivity index (χ4v) is 6.53. The molecule has 0 spiro atoms. The number of primary amides is 1. The van der Waals surface area contributed by atoms with Gasteiger partial charge in [-0.05, 0) is 37.8 Å². The van der Waals surface area contributed by atoms with E-state index >= 15 is 0 Å². The fourth-order valence-electron chi connectivity index (χ4n) is 6.53. The van der Waals surface area contributed by atoms with E-state index in [1.807, 2.05) is 29.2 Å². The van der Waals surface area contributed by atoms with E-state index in [1.165, 1.54) is 0 Å². The molecule has 11 nitrogen and oxygen atoms in total. The molecule has 1 aliphatic carbocycles. The maximum absolute atomic E-state index is 14.1. The number of nitrogens with one attached hydrogen (secondary N) is 3. The van der Waals surface area contributed by atoms with Gasteiger partial charge in [0.1, 0.15) is 17.2 Å². The number of benzene rings is 1. The molecule has 1 aromatic carbocycles. The first kappa shape index (κ1) is 30.2. The highest BCUT2D eigenvalue weighted by molar-refractivity contribution is 6.02. The second-order valence-electron chi connectivity index (χ2n) is 12.4. The number of carbonyl (C=O) groups excluding carboxylic acids is 4. The van der Waals surface area contributed by atoms with Crippen molar-refractivity contribution < 1.29 is 28.7 Å². The van der Waals surface area contributed by atoms with Crippen LogP contribution in [-0.4, -0.2) is 90.0 Å². The summed E-state index contributed by atoms with van der Waals surface area (Å²) in [6.07, 6.45) is 6.26. The van der Waals surface area contributed by atoms with Crippen molar-refractivity contribution in [2.75, 3.05) is 39.5 Å². The molecule has 0 radical (unpaired) electrons. The quantitative estimate of drug-likeness (QED) is 0.261. The van der Waals surface area contributed by atoms with E-state index in [0.29, 0.717) is 32.7 Å². The number of amides is 3. The van der Waals surface area contributed by atoms with Crippen LogP contribution in [0.1, 0.15) is 51.5 Å². The SMILES string of the molecule is C[C@H](NC(=O)CN1CCOCC1)C(=O)NC(Cc1c[nH]c2ccccc12)(C(N)=O)[C@H](CC1CCCC1)C(=O)[C@@]1(C)CO1. The summed E-state index contributed by atoms with van der Waals surface area (Å²) in [5, 5.41) is 6.58. The van der Waals surface area contributed by atoms with E-state index in [4.69, 9.17) is 15.2 Å². The number of epoxide rings is 1. The minimum absolute atomic E-state index is 0.0196. The van der Waals surface area contributed by atoms with Gasteiger partial charge in [0.2, 0.25) is 17.7 Å². The maximum Gasteiger partial charge on any atom is 0.244 e. The van der Waals surface area contributed by atoms with Crippen molar-refractivity contribution in [3.8, 4) is 0 Å². The molecule has 2 aliphatic heterocycles. The molecule has 42 heavy (non-hydrogen) atoms. The predicted molar refractivity (Wildman–Crippen MR) is 156 cm³/mol. The van der Waals surface area contributed by atoms with Crippen molar-refractivity contribution in [3.05, 3.63) is 36.0 Å². The number of H-pyrrole nitrogens is 1. The summed E-state index contributed by atoms with van der Waals surface area (Å²) >= 11 is 0. The molecule has 0 bridgehead atoms. The molecule has 2 saturated heterocycles. The van der Waals surface area contributed by atoms with Crippen LogP contribution in [0.3, 0.4) is 0 Å². The lowest BCUT2D eigenvalue weighted by Gasteiger charge is -2.40. The number of para-hydroxylation sites is 1. The van der Waals surface area contributed by atoms with Crippen molar-refractivity contribution in [1.82, 2.24) is 20.5 Å². The molecule has 3 fully saturated rings. The summed E-state index contributed by atoms with van der Waals surface area (Å²) in [5.74, 6) is -2.57. The van der Waals surface area contributed by atoms with E-state index < -0.39 is 34.9 Å². The number of aromatic nitrogens is 1. The number of hydrogen-bond acceptors (Lipinski definition) is 7. The highest BCUT2D eigenvalue weighted by atomic mass is 16.6. The van der Waals surface area contributed by atoms with Gasteiger partial charge in [0.15, 0.2) is 5.78 Å². The Bertz CT molecular complexity index is 1310. The minimum Gasteiger partial charge on any atom is -0.379 e. The number of hydrogen-bond donors (Lipinski definition) is 4. The minimum atomic E-state index is -1.74. The number of ketones is 1. The number of aromatic amines is 1. The van der Waals surface area contributed by atoms with Gasteiger partial charge in [0, 0.05) is 36.6 Å². The highest BCUT2D eigenvalue weighted by Gasteiger charge is 2.58. The number of carbonyl (C=O) groups is 4. The van der Waals surface area contributed by atoms with Crippen molar-refractivity contribution in [2.45, 2.75) is 69.6 Å². The standard InChI is InChI=1S/C31H43N5O6/c1-20(34-26(37)18-36-11-13-41-14-12-36)28(39)35-31(29(32)40,16-22-17-33-25-10-6-5-9-23(22)25)24(15-21-7-3-4-8-21)27(38)30(2)19-42-30/h5-6,9-10,17,20-21,24,33H,3-4,7-8,11-16,18-19H2,1-2H3,(H2,32,40)(H,34,37)(H,35,39)/t20-,24+,30+,31?/m0/s1. The molecule has 3 amide bonds. The van der Waals surface area contributed by atoms with Crippen molar-refractivity contribution in [2.24, 2.45) is 17.6 Å². The molecule has 4 atom stereocenters. The van der Waals surface area contributed by atoms with Gasteiger partial charge in [0.25, 0.3) is 0 Å². The summed E-state index contributed by atoms with van der Waals surface area (Å²) in [6.45, 7) is 6.07. The average Bonchev–Trinajstić information content (AvgIpc) is 3.33. The molecule has 2 aromatic rings. The van der Waals surface area contributed by atoms with Gasteiger partial charge in [-0.3, -0.25) is 24.1 Å².